The summed E-state index contributed by atoms with van der Waals surface area (Å²) in [6, 6.07) is 5.58. The zero-order chi connectivity index (χ0) is 12.7. The molecule has 0 radical (unpaired) electrons. The van der Waals surface area contributed by atoms with E-state index in [2.05, 4.69) is 0 Å². The first kappa shape index (κ1) is 11.1. The lowest BCUT2D eigenvalue weighted by molar-refractivity contribution is 0.0620. The Labute approximate surface area is 105 Å². The molecule has 1 aliphatic heterocycles. The molecule has 1 saturated heterocycles. The number of ether oxygens (including phenoxy) is 1. The third kappa shape index (κ3) is 1.56. The summed E-state index contributed by atoms with van der Waals surface area (Å²) in [5.74, 6) is 1.22. The van der Waals surface area contributed by atoms with Crippen LogP contribution in [0.3, 0.4) is 0 Å². The second-order valence-electron chi connectivity index (χ2n) is 4.56. The molecule has 1 aromatic carbocycles. The number of furan rings is 1. The van der Waals surface area contributed by atoms with Gasteiger partial charge in [-0.05, 0) is 31.5 Å². The lowest BCUT2D eigenvalue weighted by atomic mass is 10.1. The largest absolute Gasteiger partial charge is 0.497 e. The maximum Gasteiger partial charge on any atom is 0.289 e. The molecule has 1 amide bonds. The van der Waals surface area contributed by atoms with Crippen LogP contribution in [0.2, 0.25) is 0 Å². The van der Waals surface area contributed by atoms with Crippen LogP contribution >= 0.6 is 0 Å². The zero-order valence-corrected chi connectivity index (χ0v) is 10.5. The topological polar surface area (TPSA) is 42.7 Å². The highest BCUT2D eigenvalue weighted by molar-refractivity contribution is 5.99. The van der Waals surface area contributed by atoms with E-state index < -0.39 is 0 Å². The molecular formula is C14H15NO3. The zero-order valence-electron chi connectivity index (χ0n) is 10.5. The van der Waals surface area contributed by atoms with Crippen molar-refractivity contribution in [3.8, 4) is 5.75 Å². The molecule has 1 aromatic heterocycles. The average molecular weight is 245 g/mol. The lowest BCUT2D eigenvalue weighted by Gasteiger charge is -2.30. The molecule has 4 heteroatoms. The van der Waals surface area contributed by atoms with Gasteiger partial charge in [0.05, 0.1) is 7.11 Å². The van der Waals surface area contributed by atoms with Crippen molar-refractivity contribution in [3.05, 3.63) is 29.5 Å². The minimum atomic E-state index is -0.00563. The van der Waals surface area contributed by atoms with Crippen molar-refractivity contribution in [1.82, 2.24) is 4.90 Å². The van der Waals surface area contributed by atoms with Crippen LogP contribution in [0, 0.1) is 6.92 Å². The van der Waals surface area contributed by atoms with Gasteiger partial charge in [-0.2, -0.15) is 0 Å². The van der Waals surface area contributed by atoms with E-state index in [0.717, 1.165) is 41.8 Å². The number of hydrogen-bond donors (Lipinski definition) is 0. The van der Waals surface area contributed by atoms with Gasteiger partial charge in [-0.1, -0.05) is 0 Å². The molecule has 18 heavy (non-hydrogen) atoms. The van der Waals surface area contributed by atoms with Crippen LogP contribution in [0.4, 0.5) is 0 Å². The number of aryl methyl sites for hydroxylation is 1. The van der Waals surface area contributed by atoms with Crippen molar-refractivity contribution in [2.24, 2.45) is 0 Å². The normalized spacial score (nSPS) is 14.7. The lowest BCUT2D eigenvalue weighted by Crippen LogP contribution is -2.42. The van der Waals surface area contributed by atoms with E-state index in [1.807, 2.05) is 30.0 Å². The molecule has 0 N–H and O–H groups in total. The predicted molar refractivity (Wildman–Crippen MR) is 68.0 cm³/mol. The predicted octanol–water partition coefficient (Wildman–Crippen LogP) is 2.60. The number of likely N-dealkylation sites (tertiary alicyclic amines) is 1. The molecule has 0 unspecified atom stereocenters. The van der Waals surface area contributed by atoms with E-state index in [0.29, 0.717) is 5.76 Å². The summed E-state index contributed by atoms with van der Waals surface area (Å²) in [6.07, 6.45) is 1.08. The fourth-order valence-corrected chi connectivity index (χ4v) is 2.19. The van der Waals surface area contributed by atoms with Gasteiger partial charge in [0.2, 0.25) is 0 Å². The third-order valence-electron chi connectivity index (χ3n) is 3.48. The van der Waals surface area contributed by atoms with Gasteiger partial charge in [0, 0.05) is 24.0 Å². The van der Waals surface area contributed by atoms with Crippen molar-refractivity contribution in [2.75, 3.05) is 20.2 Å². The van der Waals surface area contributed by atoms with Crippen LogP contribution in [-0.4, -0.2) is 31.0 Å². The molecule has 94 valence electrons. The Morgan fingerprint density at radius 1 is 1.39 bits per heavy atom. The van der Waals surface area contributed by atoms with Gasteiger partial charge in [0.1, 0.15) is 11.3 Å². The van der Waals surface area contributed by atoms with E-state index in [1.54, 1.807) is 7.11 Å². The Balaban J connectivity index is 2.07. The van der Waals surface area contributed by atoms with E-state index in [1.165, 1.54) is 0 Å². The fraction of sp³-hybridized carbons (Fsp3) is 0.357. The number of hydrogen-bond acceptors (Lipinski definition) is 3. The summed E-state index contributed by atoms with van der Waals surface area (Å²) < 4.78 is 10.9. The highest BCUT2D eigenvalue weighted by Crippen LogP contribution is 2.30. The van der Waals surface area contributed by atoms with Gasteiger partial charge in [0.15, 0.2) is 5.76 Å². The Morgan fingerprint density at radius 3 is 2.78 bits per heavy atom. The number of benzene rings is 1. The number of rotatable bonds is 2. The quantitative estimate of drug-likeness (QED) is 0.816. The maximum atomic E-state index is 12.2. The van der Waals surface area contributed by atoms with Crippen LogP contribution in [0.1, 0.15) is 22.5 Å². The van der Waals surface area contributed by atoms with Crippen LogP contribution in [0.25, 0.3) is 11.0 Å². The second-order valence-corrected chi connectivity index (χ2v) is 4.56. The average Bonchev–Trinajstić information content (AvgIpc) is 2.64. The molecule has 2 heterocycles. The summed E-state index contributed by atoms with van der Waals surface area (Å²) >= 11 is 0. The van der Waals surface area contributed by atoms with Crippen LogP contribution in [0.15, 0.2) is 22.6 Å². The molecule has 0 atom stereocenters. The molecule has 1 aliphatic rings. The van der Waals surface area contributed by atoms with E-state index >= 15 is 0 Å². The van der Waals surface area contributed by atoms with Crippen molar-refractivity contribution >= 4 is 16.9 Å². The molecule has 4 nitrogen and oxygen atoms in total. The number of nitrogens with zero attached hydrogens (tertiary/aromatic N) is 1. The monoisotopic (exact) mass is 245 g/mol. The second kappa shape index (κ2) is 4.05. The third-order valence-corrected chi connectivity index (χ3v) is 3.48. The number of carbonyl (C=O) groups excluding carboxylic acids is 1. The van der Waals surface area contributed by atoms with Gasteiger partial charge < -0.3 is 14.1 Å². The Kier molecular flexibility index (Phi) is 2.51. The van der Waals surface area contributed by atoms with Crippen LogP contribution in [0.5, 0.6) is 5.75 Å². The van der Waals surface area contributed by atoms with E-state index in [4.69, 9.17) is 9.15 Å². The summed E-state index contributed by atoms with van der Waals surface area (Å²) in [7, 11) is 1.63. The van der Waals surface area contributed by atoms with Gasteiger partial charge >= 0.3 is 0 Å². The smallest absolute Gasteiger partial charge is 0.289 e. The molecular weight excluding hydrogens is 230 g/mol. The number of methoxy groups -OCH3 is 1. The maximum absolute atomic E-state index is 12.2. The van der Waals surface area contributed by atoms with Crippen molar-refractivity contribution in [3.63, 3.8) is 0 Å². The van der Waals surface area contributed by atoms with E-state index in [-0.39, 0.29) is 5.91 Å². The van der Waals surface area contributed by atoms with Crippen molar-refractivity contribution < 1.29 is 13.9 Å². The van der Waals surface area contributed by atoms with Gasteiger partial charge in [-0.3, -0.25) is 4.79 Å². The van der Waals surface area contributed by atoms with E-state index in [9.17, 15) is 4.79 Å². The molecule has 1 fully saturated rings. The first-order valence-electron chi connectivity index (χ1n) is 6.07. The summed E-state index contributed by atoms with van der Waals surface area (Å²) in [6.45, 7) is 3.58. The molecule has 2 aromatic rings. The van der Waals surface area contributed by atoms with Gasteiger partial charge in [-0.15, -0.1) is 0 Å². The molecule has 0 aliphatic carbocycles. The van der Waals surface area contributed by atoms with Crippen LogP contribution in [-0.2, 0) is 0 Å². The Morgan fingerprint density at radius 2 is 2.17 bits per heavy atom. The number of carbonyl (C=O) groups is 1. The minimum Gasteiger partial charge on any atom is -0.497 e. The van der Waals surface area contributed by atoms with Crippen molar-refractivity contribution in [2.45, 2.75) is 13.3 Å². The van der Waals surface area contributed by atoms with Gasteiger partial charge in [0.25, 0.3) is 5.91 Å². The van der Waals surface area contributed by atoms with Crippen molar-refractivity contribution in [1.29, 1.82) is 0 Å². The molecule has 3 rings (SSSR count). The first-order valence-corrected chi connectivity index (χ1v) is 6.07. The molecule has 0 saturated carbocycles. The number of amides is 1. The minimum absolute atomic E-state index is 0.00563. The fourth-order valence-electron chi connectivity index (χ4n) is 2.19. The molecule has 0 spiro atoms. The summed E-state index contributed by atoms with van der Waals surface area (Å²) in [5, 5.41) is 0.943. The molecule has 0 bridgehead atoms. The Hall–Kier alpha value is -1.97. The standard InChI is InChI=1S/C14H15NO3/c1-9-11-8-10(17-2)4-5-12(11)18-13(9)14(16)15-6-3-7-15/h4-5,8H,3,6-7H2,1-2H3. The van der Waals surface area contributed by atoms with Gasteiger partial charge in [-0.25, -0.2) is 0 Å². The number of fused-ring (bicyclic) bond motifs is 1. The summed E-state index contributed by atoms with van der Waals surface area (Å²) in [5.41, 5.74) is 1.62. The SMILES string of the molecule is COc1ccc2oc(C(=O)N3CCC3)c(C)c2c1. The highest BCUT2D eigenvalue weighted by Gasteiger charge is 2.26. The highest BCUT2D eigenvalue weighted by atomic mass is 16.5. The van der Waals surface area contributed by atoms with Crippen LogP contribution < -0.4 is 4.74 Å². The Bertz CT molecular complexity index is 611. The summed E-state index contributed by atoms with van der Waals surface area (Å²) in [4.78, 5) is 14.0. The first-order chi connectivity index (χ1) is 8.70.